The second kappa shape index (κ2) is 10.5. The Morgan fingerprint density at radius 2 is 2.06 bits per heavy atom. The molecule has 1 aliphatic carbocycles. The van der Waals surface area contributed by atoms with E-state index in [1.165, 1.54) is 12.3 Å². The third kappa shape index (κ3) is 5.47. The highest BCUT2D eigenvalue weighted by Gasteiger charge is 2.81. The van der Waals surface area contributed by atoms with Gasteiger partial charge >= 0.3 is 25.4 Å². The Kier molecular flexibility index (Phi) is 8.25. The summed E-state index contributed by atoms with van der Waals surface area (Å²) in [4.78, 5) is 39.8. The van der Waals surface area contributed by atoms with Crippen molar-refractivity contribution in [2.24, 2.45) is 5.92 Å². The first-order valence-corrected chi connectivity index (χ1v) is 12.6. The van der Waals surface area contributed by atoms with Crippen LogP contribution < -0.4 is 16.5 Å². The highest BCUT2D eigenvalue weighted by Crippen LogP contribution is 2.63. The zero-order valence-corrected chi connectivity index (χ0v) is 21.2. The summed E-state index contributed by atoms with van der Waals surface area (Å²) in [5.41, 5.74) is 3.15. The number of fused-ring (bicyclic) bond motifs is 1. The minimum absolute atomic E-state index is 0.0244. The smallest absolute Gasteiger partial charge is 0.406 e. The predicted octanol–water partition coefficient (Wildman–Crippen LogP) is -1.14. The number of methoxy groups -OCH3 is 2. The first-order valence-electron chi connectivity index (χ1n) is 11.1. The van der Waals surface area contributed by atoms with Crippen molar-refractivity contribution < 1.29 is 47.6 Å². The largest absolute Gasteiger partial charge is 0.468 e. The second-order valence-electron chi connectivity index (χ2n) is 8.97. The van der Waals surface area contributed by atoms with E-state index in [1.54, 1.807) is 0 Å². The molecule has 2 fully saturated rings. The van der Waals surface area contributed by atoms with Crippen LogP contribution in [-0.4, -0.2) is 83.2 Å². The molecule has 1 saturated carbocycles. The quantitative estimate of drug-likeness (QED) is 0.185. The SMILES string of the molecule is COC(=O)COP(=O)(NC(CC(C)C)C(=O)OC)OCC1OC2(O)CC2(n2ccc(N)nc2=O)C1O. The molecular formula is C20H31N4O11P. The molecule has 0 aromatic carbocycles. The van der Waals surface area contributed by atoms with Crippen LogP contribution in [-0.2, 0) is 43.0 Å². The Labute approximate surface area is 206 Å². The number of nitrogens with two attached hydrogens (primary N) is 1. The number of anilines is 1. The molecule has 1 aromatic rings. The van der Waals surface area contributed by atoms with Gasteiger partial charge in [-0.05, 0) is 18.4 Å². The molecule has 2 heterocycles. The van der Waals surface area contributed by atoms with Crippen LogP contribution in [0.15, 0.2) is 17.1 Å². The molecular weight excluding hydrogens is 503 g/mol. The molecule has 5 N–H and O–H groups in total. The number of rotatable bonds is 12. The van der Waals surface area contributed by atoms with Crippen molar-refractivity contribution in [3.05, 3.63) is 22.7 Å². The van der Waals surface area contributed by atoms with Crippen molar-refractivity contribution in [3.63, 3.8) is 0 Å². The van der Waals surface area contributed by atoms with Crippen molar-refractivity contribution in [2.45, 2.75) is 56.3 Å². The van der Waals surface area contributed by atoms with E-state index in [0.717, 1.165) is 18.8 Å². The van der Waals surface area contributed by atoms with Crippen LogP contribution in [0.3, 0.4) is 0 Å². The number of carbonyl (C=O) groups is 2. The molecule has 0 amide bonds. The summed E-state index contributed by atoms with van der Waals surface area (Å²) in [5.74, 6) is -3.58. The lowest BCUT2D eigenvalue weighted by Crippen LogP contribution is -2.45. The number of carbonyl (C=O) groups excluding carboxylic acids is 2. The lowest BCUT2D eigenvalue weighted by molar-refractivity contribution is -0.153. The van der Waals surface area contributed by atoms with E-state index in [0.29, 0.717) is 0 Å². The highest BCUT2D eigenvalue weighted by atomic mass is 31.2. The van der Waals surface area contributed by atoms with Gasteiger partial charge in [0.1, 0.15) is 29.6 Å². The molecule has 16 heteroatoms. The lowest BCUT2D eigenvalue weighted by atomic mass is 10.0. The Hall–Kier alpha value is -2.39. The fourth-order valence-electron chi connectivity index (χ4n) is 4.17. The van der Waals surface area contributed by atoms with E-state index in [-0.39, 0.29) is 24.6 Å². The predicted molar refractivity (Wildman–Crippen MR) is 121 cm³/mol. The normalized spacial score (nSPS) is 29.3. The standard InChI is InChI=1S/C20H31N4O11P/c1-11(2)7-12(17(27)32-4)23-36(30,34-9-15(25)31-3)33-8-13-16(26)19(10-20(19,29)35-13)24-6-5-14(21)22-18(24)28/h5-6,11-13,16,26,29H,7-10H2,1-4H3,(H,23,30)(H2,21,22,28). The number of nitrogens with one attached hydrogen (secondary N) is 1. The van der Waals surface area contributed by atoms with Crippen molar-refractivity contribution in [3.8, 4) is 0 Å². The molecule has 1 aliphatic heterocycles. The summed E-state index contributed by atoms with van der Waals surface area (Å²) in [6.07, 6.45) is -1.41. The molecule has 1 saturated heterocycles. The topological polar surface area (TPSA) is 211 Å². The van der Waals surface area contributed by atoms with Crippen molar-refractivity contribution in [1.82, 2.24) is 14.6 Å². The number of aliphatic hydroxyl groups is 2. The number of ether oxygens (including phenoxy) is 3. The molecule has 36 heavy (non-hydrogen) atoms. The van der Waals surface area contributed by atoms with Gasteiger partial charge in [0, 0.05) is 12.6 Å². The van der Waals surface area contributed by atoms with Crippen LogP contribution in [0.25, 0.3) is 0 Å². The van der Waals surface area contributed by atoms with Gasteiger partial charge in [0.2, 0.25) is 0 Å². The van der Waals surface area contributed by atoms with E-state index in [2.05, 4.69) is 14.8 Å². The van der Waals surface area contributed by atoms with Gasteiger partial charge in [0.15, 0.2) is 12.4 Å². The van der Waals surface area contributed by atoms with Gasteiger partial charge in [-0.25, -0.2) is 19.2 Å². The Bertz CT molecular complexity index is 1100. The third-order valence-corrected chi connectivity index (χ3v) is 7.58. The van der Waals surface area contributed by atoms with Crippen LogP contribution in [0.4, 0.5) is 5.82 Å². The molecule has 6 unspecified atom stereocenters. The fourth-order valence-corrected chi connectivity index (χ4v) is 5.60. The van der Waals surface area contributed by atoms with E-state index < -0.39 is 68.2 Å². The van der Waals surface area contributed by atoms with Crippen molar-refractivity contribution in [1.29, 1.82) is 0 Å². The lowest BCUT2D eigenvalue weighted by Gasteiger charge is -2.27. The molecule has 0 spiro atoms. The summed E-state index contributed by atoms with van der Waals surface area (Å²) in [6, 6.07) is 0.211. The molecule has 0 radical (unpaired) electrons. The van der Waals surface area contributed by atoms with Gasteiger partial charge in [-0.2, -0.15) is 4.98 Å². The average molecular weight is 534 g/mol. The molecule has 1 aromatic heterocycles. The maximum Gasteiger partial charge on any atom is 0.406 e. The van der Waals surface area contributed by atoms with Crippen LogP contribution in [0.2, 0.25) is 0 Å². The van der Waals surface area contributed by atoms with Gasteiger partial charge in [-0.3, -0.25) is 18.4 Å². The molecule has 2 aliphatic rings. The number of aromatic nitrogens is 2. The van der Waals surface area contributed by atoms with E-state index >= 15 is 0 Å². The summed E-state index contributed by atoms with van der Waals surface area (Å²) in [5, 5.41) is 24.2. The summed E-state index contributed by atoms with van der Waals surface area (Å²) in [6.45, 7) is 2.26. The summed E-state index contributed by atoms with van der Waals surface area (Å²) < 4.78 is 39.8. The second-order valence-corrected chi connectivity index (χ2v) is 10.7. The fraction of sp³-hybridized carbons (Fsp3) is 0.700. The highest BCUT2D eigenvalue weighted by molar-refractivity contribution is 7.51. The molecule has 3 rings (SSSR count). The van der Waals surface area contributed by atoms with Gasteiger partial charge in [-0.1, -0.05) is 13.8 Å². The zero-order chi connectivity index (χ0) is 26.9. The minimum Gasteiger partial charge on any atom is -0.468 e. The van der Waals surface area contributed by atoms with Gasteiger partial charge in [-0.15, -0.1) is 0 Å². The van der Waals surface area contributed by atoms with E-state index in [9.17, 15) is 29.2 Å². The Balaban J connectivity index is 1.79. The monoisotopic (exact) mass is 534 g/mol. The Morgan fingerprint density at radius 3 is 2.64 bits per heavy atom. The number of hydrogen-bond donors (Lipinski definition) is 4. The molecule has 15 nitrogen and oxygen atoms in total. The molecule has 6 atom stereocenters. The number of aliphatic hydroxyl groups excluding tert-OH is 1. The number of nitrogens with zero attached hydrogens (tertiary/aromatic N) is 2. The zero-order valence-electron chi connectivity index (χ0n) is 20.3. The number of nitrogen functional groups attached to an aromatic ring is 1. The van der Waals surface area contributed by atoms with Crippen LogP contribution >= 0.6 is 7.75 Å². The van der Waals surface area contributed by atoms with Crippen LogP contribution in [0.1, 0.15) is 26.7 Å². The van der Waals surface area contributed by atoms with Gasteiger partial charge in [0.05, 0.1) is 20.8 Å². The van der Waals surface area contributed by atoms with E-state index in [4.69, 9.17) is 24.3 Å². The first kappa shape index (κ1) is 28.2. The Morgan fingerprint density at radius 1 is 1.36 bits per heavy atom. The van der Waals surface area contributed by atoms with Crippen molar-refractivity contribution in [2.75, 3.05) is 33.2 Å². The van der Waals surface area contributed by atoms with Crippen molar-refractivity contribution >= 4 is 25.5 Å². The maximum atomic E-state index is 13.5. The molecule has 202 valence electrons. The third-order valence-electron chi connectivity index (χ3n) is 6.00. The summed E-state index contributed by atoms with van der Waals surface area (Å²) >= 11 is 0. The maximum absolute atomic E-state index is 13.5. The number of hydrogen-bond acceptors (Lipinski definition) is 13. The van der Waals surface area contributed by atoms with E-state index in [1.807, 2.05) is 13.8 Å². The van der Waals surface area contributed by atoms with Crippen LogP contribution in [0, 0.1) is 5.92 Å². The number of esters is 2. The first-order chi connectivity index (χ1) is 16.8. The summed E-state index contributed by atoms with van der Waals surface area (Å²) in [7, 11) is -2.15. The molecule has 0 bridgehead atoms. The van der Waals surface area contributed by atoms with Gasteiger partial charge < -0.3 is 30.2 Å². The van der Waals surface area contributed by atoms with Crippen LogP contribution in [0.5, 0.6) is 0 Å². The van der Waals surface area contributed by atoms with Gasteiger partial charge in [0.25, 0.3) is 0 Å². The average Bonchev–Trinajstić information content (AvgIpc) is 3.37. The minimum atomic E-state index is -4.40.